The topological polar surface area (TPSA) is 17.3 Å². The summed E-state index contributed by atoms with van der Waals surface area (Å²) in [5, 5.41) is 12.7. The van der Waals surface area contributed by atoms with Gasteiger partial charge in [0.15, 0.2) is 0 Å². The highest BCUT2D eigenvalue weighted by atomic mass is 15.0. The van der Waals surface area contributed by atoms with Crippen LogP contribution in [-0.2, 0) is 0 Å². The summed E-state index contributed by atoms with van der Waals surface area (Å²) in [6.45, 7) is 0. The second-order valence-electron chi connectivity index (χ2n) is 13.5. The van der Waals surface area contributed by atoms with Crippen molar-refractivity contribution in [3.8, 4) is 5.69 Å². The van der Waals surface area contributed by atoms with Gasteiger partial charge < -0.3 is 4.57 Å². The smallest absolute Gasteiger partial charge is 0.0682 e. The highest BCUT2D eigenvalue weighted by molar-refractivity contribution is 6.28. The first-order valence-electron chi connectivity index (χ1n) is 17.3. The van der Waals surface area contributed by atoms with Crippen molar-refractivity contribution in [3.63, 3.8) is 0 Å². The van der Waals surface area contributed by atoms with Gasteiger partial charge in [0.2, 0.25) is 0 Å². The summed E-state index contributed by atoms with van der Waals surface area (Å²) >= 11 is 0. The van der Waals surface area contributed by atoms with Gasteiger partial charge in [-0.3, -0.25) is 4.99 Å². The molecule has 232 valence electrons. The first-order valence-corrected chi connectivity index (χ1v) is 17.3. The van der Waals surface area contributed by atoms with Crippen molar-refractivity contribution in [2.75, 3.05) is 0 Å². The Morgan fingerprint density at radius 1 is 0.420 bits per heavy atom. The van der Waals surface area contributed by atoms with Crippen LogP contribution in [0.4, 0.5) is 5.69 Å². The van der Waals surface area contributed by atoms with Crippen molar-refractivity contribution in [1.82, 2.24) is 4.57 Å². The van der Waals surface area contributed by atoms with Crippen molar-refractivity contribution in [2.24, 2.45) is 4.99 Å². The van der Waals surface area contributed by atoms with E-state index >= 15 is 0 Å². The molecule has 11 rings (SSSR count). The van der Waals surface area contributed by atoms with Gasteiger partial charge in [0.05, 0.1) is 28.4 Å². The van der Waals surface area contributed by atoms with Gasteiger partial charge in [-0.05, 0) is 90.1 Å². The van der Waals surface area contributed by atoms with Crippen LogP contribution in [-0.4, -0.2) is 10.3 Å². The Balaban J connectivity index is 1.18. The molecule has 0 amide bonds. The van der Waals surface area contributed by atoms with Crippen LogP contribution in [0.5, 0.6) is 0 Å². The van der Waals surface area contributed by atoms with Gasteiger partial charge in [0, 0.05) is 16.5 Å². The van der Waals surface area contributed by atoms with Gasteiger partial charge in [-0.2, -0.15) is 0 Å². The molecule has 1 unspecified atom stereocenters. The van der Waals surface area contributed by atoms with E-state index in [9.17, 15) is 0 Å². The molecule has 1 atom stereocenters. The molecule has 2 heteroatoms. The molecule has 0 spiro atoms. The zero-order valence-corrected chi connectivity index (χ0v) is 27.2. The monoisotopic (exact) mass is 634 g/mol. The number of hydrogen-bond acceptors (Lipinski definition) is 1. The van der Waals surface area contributed by atoms with Crippen molar-refractivity contribution in [3.05, 3.63) is 193 Å². The maximum Gasteiger partial charge on any atom is 0.0682 e. The summed E-state index contributed by atoms with van der Waals surface area (Å²) in [5.41, 5.74) is 9.50. The predicted octanol–water partition coefficient (Wildman–Crippen LogP) is 12.7. The molecule has 10 aromatic rings. The Morgan fingerprint density at radius 3 is 1.68 bits per heavy atom. The quantitative estimate of drug-likeness (QED) is 0.172. The molecular formula is C48H30N2. The van der Waals surface area contributed by atoms with Crippen LogP contribution < -0.4 is 0 Å². The van der Waals surface area contributed by atoms with Gasteiger partial charge in [0.1, 0.15) is 0 Å². The average Bonchev–Trinajstić information content (AvgIpc) is 3.75. The summed E-state index contributed by atoms with van der Waals surface area (Å²) in [6, 6.07) is 64.3. The molecule has 0 aliphatic carbocycles. The first-order chi connectivity index (χ1) is 24.8. The third-order valence-corrected chi connectivity index (χ3v) is 10.8. The van der Waals surface area contributed by atoms with E-state index in [1.54, 1.807) is 0 Å². The summed E-state index contributed by atoms with van der Waals surface area (Å²) in [6.07, 6.45) is 0. The van der Waals surface area contributed by atoms with Crippen molar-refractivity contribution >= 4 is 76.3 Å². The van der Waals surface area contributed by atoms with Crippen LogP contribution in [0.1, 0.15) is 22.6 Å². The van der Waals surface area contributed by atoms with Gasteiger partial charge in [-0.15, -0.1) is 0 Å². The fourth-order valence-electron chi connectivity index (χ4n) is 8.66. The summed E-state index contributed by atoms with van der Waals surface area (Å²) in [5.74, 6) is 0.0430. The minimum Gasteiger partial charge on any atom is -0.309 e. The molecule has 0 bridgehead atoms. The van der Waals surface area contributed by atoms with E-state index in [1.807, 2.05) is 0 Å². The van der Waals surface area contributed by atoms with Gasteiger partial charge >= 0.3 is 0 Å². The molecule has 0 saturated heterocycles. The van der Waals surface area contributed by atoms with Crippen molar-refractivity contribution in [1.29, 1.82) is 0 Å². The number of fused-ring (bicyclic) bond motifs is 12. The fraction of sp³-hybridized carbons (Fsp3) is 0.0208. The van der Waals surface area contributed by atoms with Crippen LogP contribution in [0.3, 0.4) is 0 Å². The second-order valence-corrected chi connectivity index (χ2v) is 13.5. The van der Waals surface area contributed by atoms with Crippen LogP contribution in [0.25, 0.3) is 70.6 Å². The van der Waals surface area contributed by atoms with Crippen LogP contribution in [0.15, 0.2) is 181 Å². The molecule has 50 heavy (non-hydrogen) atoms. The number of aromatic nitrogens is 1. The maximum atomic E-state index is 5.33. The third-order valence-electron chi connectivity index (χ3n) is 10.8. The number of nitrogens with zero attached hydrogens (tertiary/aromatic N) is 2. The Bertz CT molecular complexity index is 2930. The van der Waals surface area contributed by atoms with Crippen molar-refractivity contribution in [2.45, 2.75) is 5.92 Å². The molecule has 0 fully saturated rings. The Kier molecular flexibility index (Phi) is 5.76. The van der Waals surface area contributed by atoms with Crippen molar-refractivity contribution < 1.29 is 0 Å². The Labute approximate surface area is 289 Å². The average molecular weight is 635 g/mol. The van der Waals surface area contributed by atoms with E-state index in [-0.39, 0.29) is 5.92 Å². The van der Waals surface area contributed by atoms with E-state index in [4.69, 9.17) is 4.99 Å². The number of hydrogen-bond donors (Lipinski definition) is 0. The molecule has 1 aliphatic rings. The van der Waals surface area contributed by atoms with E-state index in [2.05, 4.69) is 180 Å². The minimum atomic E-state index is 0.0430. The lowest BCUT2D eigenvalue weighted by atomic mass is 9.82. The third kappa shape index (κ3) is 3.88. The minimum absolute atomic E-state index is 0.0430. The zero-order valence-electron chi connectivity index (χ0n) is 27.2. The van der Waals surface area contributed by atoms with Gasteiger partial charge in [-0.1, -0.05) is 146 Å². The molecule has 1 aliphatic heterocycles. The van der Waals surface area contributed by atoms with Gasteiger partial charge in [-0.25, -0.2) is 0 Å². The normalized spacial score (nSPS) is 14.3. The molecule has 2 nitrogen and oxygen atoms in total. The lowest BCUT2D eigenvalue weighted by Crippen LogP contribution is -2.12. The van der Waals surface area contributed by atoms with E-state index in [0.717, 1.165) is 17.1 Å². The maximum absolute atomic E-state index is 5.33. The molecular weight excluding hydrogens is 605 g/mol. The van der Waals surface area contributed by atoms with Crippen LogP contribution in [0, 0.1) is 0 Å². The number of rotatable bonds is 3. The van der Waals surface area contributed by atoms with Crippen LogP contribution in [0.2, 0.25) is 0 Å². The molecule has 0 saturated carbocycles. The molecule has 1 aromatic heterocycles. The Hall–Kier alpha value is -6.51. The lowest BCUT2D eigenvalue weighted by molar-refractivity contribution is 1.13. The summed E-state index contributed by atoms with van der Waals surface area (Å²) < 4.78 is 2.46. The SMILES string of the molecule is c1ccc(C2=Nc3ccc4ccc5cc(-n6c7ccc8ccccc8c7c7c8ccccc8ccc76)ccc5c4c3C2c2ccccc2)cc1. The van der Waals surface area contributed by atoms with Crippen LogP contribution >= 0.6 is 0 Å². The fourth-order valence-corrected chi connectivity index (χ4v) is 8.66. The van der Waals surface area contributed by atoms with E-state index in [0.29, 0.717) is 0 Å². The predicted molar refractivity (Wildman–Crippen MR) is 212 cm³/mol. The molecule has 0 radical (unpaired) electrons. The second kappa shape index (κ2) is 10.5. The number of aliphatic imine (C=N–C) groups is 1. The van der Waals surface area contributed by atoms with E-state index < -0.39 is 0 Å². The first kappa shape index (κ1) is 27.4. The summed E-state index contributed by atoms with van der Waals surface area (Å²) in [4.78, 5) is 5.33. The Morgan fingerprint density at radius 2 is 0.980 bits per heavy atom. The van der Waals surface area contributed by atoms with Gasteiger partial charge in [0.25, 0.3) is 0 Å². The highest BCUT2D eigenvalue weighted by Gasteiger charge is 2.32. The van der Waals surface area contributed by atoms with E-state index in [1.165, 1.54) is 81.6 Å². The largest absolute Gasteiger partial charge is 0.309 e. The number of benzene rings is 9. The lowest BCUT2D eigenvalue weighted by Gasteiger charge is -2.19. The standard InChI is InChI=1S/C48H30N2/c1-3-13-32(14-4-1)44-47-40(49-48(44)34-15-5-2-6-16-34)26-21-33-19-20-35-29-36(24-25-39(35)43(33)47)50-41-27-22-30-11-7-9-17-37(30)45(41)46-38-18-10-8-12-31(38)23-28-42(46)50/h1-29,44H. The summed E-state index contributed by atoms with van der Waals surface area (Å²) in [7, 11) is 0. The molecule has 0 N–H and O–H groups in total. The zero-order chi connectivity index (χ0) is 32.8. The molecule has 9 aromatic carbocycles. The molecule has 2 heterocycles. The highest BCUT2D eigenvalue weighted by Crippen LogP contribution is 2.48.